The molecule has 7 nitrogen and oxygen atoms in total. The second kappa shape index (κ2) is 27.1. The van der Waals surface area contributed by atoms with Gasteiger partial charge >= 0.3 is 0 Å². The van der Waals surface area contributed by atoms with Gasteiger partial charge in [-0.3, -0.25) is 0 Å². The molecule has 0 atom stereocenters. The molecule has 0 aliphatic heterocycles. The van der Waals surface area contributed by atoms with Crippen LogP contribution in [0, 0.1) is 0 Å². The fourth-order valence-corrected chi connectivity index (χ4v) is 1.50. The number of hydrogen-bond donors (Lipinski definition) is 3. The van der Waals surface area contributed by atoms with E-state index in [0.29, 0.717) is 0 Å². The van der Waals surface area contributed by atoms with Crippen LogP contribution in [0.1, 0.15) is 41.5 Å². The zero-order valence-corrected chi connectivity index (χ0v) is 14.4. The molecule has 0 aromatic carbocycles. The third-order valence-corrected chi connectivity index (χ3v) is 3.00. The van der Waals surface area contributed by atoms with Crippen molar-refractivity contribution in [3.63, 3.8) is 0 Å². The van der Waals surface area contributed by atoms with E-state index in [1.165, 1.54) is 39.3 Å². The summed E-state index contributed by atoms with van der Waals surface area (Å²) in [5, 5.41) is 23.6. The van der Waals surface area contributed by atoms with Crippen molar-refractivity contribution in [2.45, 2.75) is 41.5 Å². The molecule has 0 spiro atoms. The van der Waals surface area contributed by atoms with Gasteiger partial charge in [-0.2, -0.15) is 0 Å². The van der Waals surface area contributed by atoms with Crippen molar-refractivity contribution in [3.8, 4) is 0 Å². The third-order valence-electron chi connectivity index (χ3n) is 3.00. The van der Waals surface area contributed by atoms with Gasteiger partial charge in [0.1, 0.15) is 0 Å². The standard InChI is InChI=1S/2C6H15N.CH2O3.CH2O2/c2*1-4-7(5-2)6-3;2-1(3)4;2-1-3/h2*4-6H2,1-3H3;(H2,2,3,4);1H,(H,2,3). The second-order valence-electron chi connectivity index (χ2n) is 3.98. The highest BCUT2D eigenvalue weighted by Crippen LogP contribution is 1.46. The van der Waals surface area contributed by atoms with E-state index in [0.717, 1.165) is 0 Å². The Morgan fingerprint density at radius 2 is 0.952 bits per heavy atom. The zero-order chi connectivity index (χ0) is 17.7. The van der Waals surface area contributed by atoms with E-state index in [1.54, 1.807) is 9.80 Å². The van der Waals surface area contributed by atoms with Gasteiger partial charge in [-0.05, 0) is 41.5 Å². The van der Waals surface area contributed by atoms with E-state index in [2.05, 4.69) is 41.5 Å². The number of hydrogen-bond acceptors (Lipinski definition) is 4. The van der Waals surface area contributed by atoms with Crippen LogP contribution in [0.4, 0.5) is 4.79 Å². The normalized spacial score (nSPS) is 8.57. The van der Waals surface area contributed by atoms with Crippen LogP contribution in [0.25, 0.3) is 0 Å². The molecule has 0 rings (SSSR count). The van der Waals surface area contributed by atoms with Crippen LogP contribution in [-0.4, -0.2) is 57.0 Å². The van der Waals surface area contributed by atoms with E-state index >= 15 is 0 Å². The lowest BCUT2D eigenvalue weighted by Crippen LogP contribution is -3.11. The van der Waals surface area contributed by atoms with Crippen LogP contribution < -0.4 is 20.0 Å². The van der Waals surface area contributed by atoms with Gasteiger partial charge in [-0.25, -0.2) is 0 Å². The van der Waals surface area contributed by atoms with Gasteiger partial charge in [0.15, 0.2) is 0 Å². The van der Waals surface area contributed by atoms with Crippen LogP contribution in [0.5, 0.6) is 0 Å². The Morgan fingerprint density at radius 3 is 0.952 bits per heavy atom. The summed E-state index contributed by atoms with van der Waals surface area (Å²) in [6.07, 6.45) is -2.08. The highest BCUT2D eigenvalue weighted by Gasteiger charge is 1.93. The number of carbonyl (C=O) groups excluding carboxylic acids is 1. The lowest BCUT2D eigenvalue weighted by molar-refractivity contribution is -0.894. The fourth-order valence-electron chi connectivity index (χ4n) is 1.50. The zero-order valence-electron chi connectivity index (χ0n) is 14.4. The molecule has 3 N–H and O–H groups in total. The number of carbonyl (C=O) groups is 2. The van der Waals surface area contributed by atoms with Gasteiger partial charge in [0, 0.05) is 6.47 Å². The number of carboxylic acid groups (broad SMARTS) is 3. The van der Waals surface area contributed by atoms with Gasteiger partial charge < -0.3 is 34.7 Å². The topological polar surface area (TPSA) is 109 Å². The monoisotopic (exact) mass is 310 g/mol. The van der Waals surface area contributed by atoms with E-state index in [4.69, 9.17) is 24.9 Å². The summed E-state index contributed by atoms with van der Waals surface area (Å²) in [5.41, 5.74) is 0. The molecule has 0 aromatic rings. The predicted octanol–water partition coefficient (Wildman–Crippen LogP) is -2.88. The van der Waals surface area contributed by atoms with Crippen LogP contribution in [0.2, 0.25) is 0 Å². The molecular weight excluding hydrogens is 276 g/mol. The Morgan fingerprint density at radius 1 is 0.857 bits per heavy atom. The molecule has 0 unspecified atom stereocenters. The first kappa shape index (κ1) is 27.9. The van der Waals surface area contributed by atoms with Gasteiger partial charge in [0.2, 0.25) is 6.16 Å². The molecule has 7 heteroatoms. The van der Waals surface area contributed by atoms with Crippen LogP contribution >= 0.6 is 0 Å². The highest BCUT2D eigenvalue weighted by atomic mass is 16.6. The molecule has 21 heavy (non-hydrogen) atoms. The summed E-state index contributed by atoms with van der Waals surface area (Å²) < 4.78 is 0. The first-order chi connectivity index (χ1) is 9.84. The number of rotatable bonds is 6. The average Bonchev–Trinajstić information content (AvgIpc) is 2.44. The molecular formula is C14H34N2O5. The quantitative estimate of drug-likeness (QED) is 0.457. The Hall–Kier alpha value is -1.34. The summed E-state index contributed by atoms with van der Waals surface area (Å²) >= 11 is 0. The van der Waals surface area contributed by atoms with Gasteiger partial charge in [0.05, 0.1) is 39.3 Å². The first-order valence-electron chi connectivity index (χ1n) is 7.47. The summed E-state index contributed by atoms with van der Waals surface area (Å²) in [6.45, 7) is 20.5. The molecule has 0 saturated carbocycles. The molecule has 0 saturated heterocycles. The smallest absolute Gasteiger partial charge is 0.249 e. The van der Waals surface area contributed by atoms with Crippen molar-refractivity contribution >= 4 is 12.6 Å². The molecule has 130 valence electrons. The van der Waals surface area contributed by atoms with Crippen molar-refractivity contribution in [3.05, 3.63) is 0 Å². The SMILES string of the molecule is CC[NH+](CC)CC.CC[NH+](CC)CC.O=C([O-])O.O=C[O-]. The largest absolute Gasteiger partial charge is 0.565 e. The molecule has 0 bridgehead atoms. The Kier molecular flexibility index (Phi) is 36.0. The van der Waals surface area contributed by atoms with Crippen LogP contribution in [0.3, 0.4) is 0 Å². The molecule has 0 aliphatic carbocycles. The second-order valence-corrected chi connectivity index (χ2v) is 3.98. The maximum absolute atomic E-state index is 8.44. The summed E-state index contributed by atoms with van der Waals surface area (Å²) in [5.74, 6) is 0. The Labute approximate surface area is 129 Å². The summed E-state index contributed by atoms with van der Waals surface area (Å²) in [4.78, 5) is 20.1. The van der Waals surface area contributed by atoms with Crippen LogP contribution in [0.15, 0.2) is 0 Å². The lowest BCUT2D eigenvalue weighted by Gasteiger charge is -2.10. The average molecular weight is 310 g/mol. The Bertz CT molecular complexity index is 169. The van der Waals surface area contributed by atoms with Crippen LogP contribution in [-0.2, 0) is 4.79 Å². The Balaban J connectivity index is -0.0000000973. The minimum atomic E-state index is -2.08. The van der Waals surface area contributed by atoms with Crippen molar-refractivity contribution in [2.24, 2.45) is 0 Å². The van der Waals surface area contributed by atoms with Gasteiger partial charge in [0.25, 0.3) is 0 Å². The van der Waals surface area contributed by atoms with Crippen molar-refractivity contribution < 1.29 is 34.7 Å². The fraction of sp³-hybridized carbons (Fsp3) is 0.857. The molecule has 0 heterocycles. The molecule has 0 radical (unpaired) electrons. The molecule has 0 amide bonds. The first-order valence-corrected chi connectivity index (χ1v) is 7.47. The minimum Gasteiger partial charge on any atom is -0.565 e. The maximum atomic E-state index is 8.44. The lowest BCUT2D eigenvalue weighted by atomic mass is 10.5. The summed E-state index contributed by atoms with van der Waals surface area (Å²) in [6, 6.07) is 0. The summed E-state index contributed by atoms with van der Waals surface area (Å²) in [7, 11) is 0. The van der Waals surface area contributed by atoms with Crippen molar-refractivity contribution in [1.82, 2.24) is 0 Å². The molecule has 0 aliphatic rings. The number of quaternary nitrogens is 2. The van der Waals surface area contributed by atoms with Gasteiger partial charge in [-0.1, -0.05) is 0 Å². The third kappa shape index (κ3) is 45.6. The van der Waals surface area contributed by atoms with Crippen molar-refractivity contribution in [2.75, 3.05) is 39.3 Å². The number of nitrogens with one attached hydrogen (secondary N) is 2. The highest BCUT2D eigenvalue weighted by molar-refractivity contribution is 5.50. The maximum Gasteiger partial charge on any atom is 0.249 e. The van der Waals surface area contributed by atoms with E-state index in [1.807, 2.05) is 0 Å². The van der Waals surface area contributed by atoms with Crippen molar-refractivity contribution in [1.29, 1.82) is 0 Å². The molecule has 0 fully saturated rings. The van der Waals surface area contributed by atoms with E-state index in [-0.39, 0.29) is 0 Å². The molecule has 0 aromatic heterocycles. The van der Waals surface area contributed by atoms with E-state index < -0.39 is 12.6 Å². The minimum absolute atomic E-state index is 0.500. The van der Waals surface area contributed by atoms with E-state index in [9.17, 15) is 0 Å². The predicted molar refractivity (Wildman–Crippen MR) is 79.3 cm³/mol. The van der Waals surface area contributed by atoms with Gasteiger partial charge in [-0.15, -0.1) is 0 Å².